The van der Waals surface area contributed by atoms with Gasteiger partial charge in [0.2, 0.25) is 0 Å². The smallest absolute Gasteiger partial charge is 0.387 e. The zero-order valence-electron chi connectivity index (χ0n) is 21.9. The Kier molecular flexibility index (Phi) is 7.19. The van der Waals surface area contributed by atoms with Crippen LogP contribution in [-0.4, -0.2) is 69.4 Å². The summed E-state index contributed by atoms with van der Waals surface area (Å²) in [5.41, 5.74) is 3.24. The third kappa shape index (κ3) is 5.81. The molecule has 0 bridgehead atoms. The van der Waals surface area contributed by atoms with E-state index in [1.807, 2.05) is 30.1 Å². The quantitative estimate of drug-likeness (QED) is 0.313. The van der Waals surface area contributed by atoms with Crippen molar-refractivity contribution in [1.82, 2.24) is 24.2 Å². The predicted octanol–water partition coefficient (Wildman–Crippen LogP) is 4.61. The van der Waals surface area contributed by atoms with Crippen molar-refractivity contribution in [2.75, 3.05) is 24.6 Å². The van der Waals surface area contributed by atoms with Crippen LogP contribution in [0.25, 0.3) is 28.0 Å². The Bertz CT molecular complexity index is 1600. The fourth-order valence-corrected chi connectivity index (χ4v) is 6.23. The van der Waals surface area contributed by atoms with Gasteiger partial charge in [0, 0.05) is 49.0 Å². The SMILES string of the molecule is Cn1cc(-n2cc(CCC(C)(C)N3CCS(=O)(=O)CC3)c3ccc(-c4ccc(OC(F)F)c(F)c4)nc32)cn1. The third-order valence-corrected chi connectivity index (χ3v) is 8.96. The van der Waals surface area contributed by atoms with Gasteiger partial charge in [0.25, 0.3) is 0 Å². The second-order valence-electron chi connectivity index (χ2n) is 10.4. The highest BCUT2D eigenvalue weighted by Gasteiger charge is 2.32. The second-order valence-corrected chi connectivity index (χ2v) is 12.7. The van der Waals surface area contributed by atoms with E-state index in [0.29, 0.717) is 30.0 Å². The molecule has 1 aliphatic heterocycles. The summed E-state index contributed by atoms with van der Waals surface area (Å²) in [7, 11) is -1.14. The summed E-state index contributed by atoms with van der Waals surface area (Å²) in [6.45, 7) is 2.20. The molecular formula is C27H30F3N5O3S. The van der Waals surface area contributed by atoms with Gasteiger partial charge in [-0.3, -0.25) is 14.1 Å². The number of aryl methyl sites for hydroxylation is 2. The maximum atomic E-state index is 14.4. The molecule has 0 spiro atoms. The first-order chi connectivity index (χ1) is 18.4. The Morgan fingerprint density at radius 2 is 1.85 bits per heavy atom. The van der Waals surface area contributed by atoms with Crippen LogP contribution < -0.4 is 4.74 Å². The topological polar surface area (TPSA) is 82.2 Å². The van der Waals surface area contributed by atoms with E-state index in [0.717, 1.165) is 35.5 Å². The van der Waals surface area contributed by atoms with Gasteiger partial charge in [0.15, 0.2) is 21.4 Å². The number of hydrogen-bond donors (Lipinski definition) is 0. The minimum absolute atomic E-state index is 0.180. The fourth-order valence-electron chi connectivity index (χ4n) is 5.03. The lowest BCUT2D eigenvalue weighted by molar-refractivity contribution is -0.0521. The highest BCUT2D eigenvalue weighted by molar-refractivity contribution is 7.91. The van der Waals surface area contributed by atoms with Gasteiger partial charge in [-0.05, 0) is 62.6 Å². The summed E-state index contributed by atoms with van der Waals surface area (Å²) in [6.07, 6.45) is 7.15. The number of pyridine rings is 1. The van der Waals surface area contributed by atoms with Gasteiger partial charge in [-0.15, -0.1) is 0 Å². The van der Waals surface area contributed by atoms with E-state index in [-0.39, 0.29) is 17.0 Å². The molecule has 208 valence electrons. The molecule has 0 unspecified atom stereocenters. The molecule has 0 aliphatic carbocycles. The summed E-state index contributed by atoms with van der Waals surface area (Å²) in [4.78, 5) is 7.06. The second kappa shape index (κ2) is 10.3. The first kappa shape index (κ1) is 27.2. The lowest BCUT2D eigenvalue weighted by atomic mass is 9.93. The van der Waals surface area contributed by atoms with Crippen LogP contribution in [0.2, 0.25) is 0 Å². The van der Waals surface area contributed by atoms with Gasteiger partial charge >= 0.3 is 6.61 Å². The van der Waals surface area contributed by atoms with Crippen LogP contribution in [0.5, 0.6) is 5.75 Å². The van der Waals surface area contributed by atoms with Crippen molar-refractivity contribution in [3.05, 3.63) is 60.3 Å². The Hall–Kier alpha value is -3.38. The number of halogens is 3. The van der Waals surface area contributed by atoms with Crippen LogP contribution in [0.15, 0.2) is 48.9 Å². The molecule has 0 N–H and O–H groups in total. The van der Waals surface area contributed by atoms with E-state index in [1.54, 1.807) is 16.9 Å². The first-order valence-electron chi connectivity index (χ1n) is 12.6. The number of hydrogen-bond acceptors (Lipinski definition) is 6. The monoisotopic (exact) mass is 561 g/mol. The summed E-state index contributed by atoms with van der Waals surface area (Å²) in [6, 6.07) is 7.51. The zero-order chi connectivity index (χ0) is 27.9. The molecule has 1 saturated heterocycles. The number of rotatable bonds is 8. The van der Waals surface area contributed by atoms with Gasteiger partial charge in [-0.1, -0.05) is 0 Å². The molecule has 8 nitrogen and oxygen atoms in total. The molecule has 4 heterocycles. The molecule has 0 amide bonds. The first-order valence-corrected chi connectivity index (χ1v) is 14.4. The highest BCUT2D eigenvalue weighted by Crippen LogP contribution is 2.32. The number of ether oxygens (including phenoxy) is 1. The molecule has 39 heavy (non-hydrogen) atoms. The molecule has 0 radical (unpaired) electrons. The summed E-state index contributed by atoms with van der Waals surface area (Å²) < 4.78 is 71.2. The van der Waals surface area contributed by atoms with Crippen molar-refractivity contribution in [2.24, 2.45) is 7.05 Å². The van der Waals surface area contributed by atoms with Gasteiger partial charge in [-0.2, -0.15) is 13.9 Å². The minimum Gasteiger partial charge on any atom is -0.432 e. The van der Waals surface area contributed by atoms with E-state index in [4.69, 9.17) is 4.98 Å². The largest absolute Gasteiger partial charge is 0.432 e. The van der Waals surface area contributed by atoms with Gasteiger partial charge in [0.1, 0.15) is 5.65 Å². The van der Waals surface area contributed by atoms with Crippen LogP contribution in [0.4, 0.5) is 13.2 Å². The average molecular weight is 562 g/mol. The van der Waals surface area contributed by atoms with Crippen LogP contribution in [0.1, 0.15) is 25.8 Å². The van der Waals surface area contributed by atoms with Gasteiger partial charge < -0.3 is 4.74 Å². The number of sulfone groups is 1. The van der Waals surface area contributed by atoms with Crippen molar-refractivity contribution < 1.29 is 26.3 Å². The maximum absolute atomic E-state index is 14.4. The highest BCUT2D eigenvalue weighted by atomic mass is 32.2. The number of alkyl halides is 2. The number of fused-ring (bicyclic) bond motifs is 1. The lowest BCUT2D eigenvalue weighted by Crippen LogP contribution is -2.51. The van der Waals surface area contributed by atoms with Crippen LogP contribution in [-0.2, 0) is 23.3 Å². The molecule has 12 heteroatoms. The van der Waals surface area contributed by atoms with E-state index in [2.05, 4.69) is 28.6 Å². The molecule has 3 aromatic heterocycles. The maximum Gasteiger partial charge on any atom is 0.387 e. The summed E-state index contributed by atoms with van der Waals surface area (Å²) in [5.74, 6) is -1.06. The molecule has 1 aromatic carbocycles. The summed E-state index contributed by atoms with van der Waals surface area (Å²) in [5, 5.41) is 5.21. The number of nitrogens with zero attached hydrogens (tertiary/aromatic N) is 5. The van der Waals surface area contributed by atoms with Crippen molar-refractivity contribution in [3.63, 3.8) is 0 Å². The normalized spacial score (nSPS) is 16.3. The van der Waals surface area contributed by atoms with Crippen molar-refractivity contribution in [2.45, 2.75) is 38.8 Å². The molecule has 4 aromatic rings. The fraction of sp³-hybridized carbons (Fsp3) is 0.407. The molecule has 0 atom stereocenters. The average Bonchev–Trinajstić information content (AvgIpc) is 3.46. The predicted molar refractivity (Wildman–Crippen MR) is 142 cm³/mol. The van der Waals surface area contributed by atoms with E-state index < -0.39 is 28.0 Å². The lowest BCUT2D eigenvalue weighted by Gasteiger charge is -2.41. The van der Waals surface area contributed by atoms with Crippen molar-refractivity contribution in [3.8, 4) is 22.7 Å². The molecule has 1 aliphatic rings. The molecule has 1 fully saturated rings. The van der Waals surface area contributed by atoms with Gasteiger partial charge in [-0.25, -0.2) is 17.8 Å². The Balaban J connectivity index is 1.47. The molecular weight excluding hydrogens is 531 g/mol. The standard InChI is InChI=1S/C27H30F3N5O3S/c1-27(2,34-10-12-39(36,37)13-11-34)9-8-19-16-35(20-15-31-33(3)17-20)25-21(19)5-6-23(32-25)18-4-7-24(22(28)14-18)38-26(29)30/h4-7,14-17,26H,8-13H2,1-3H3. The minimum atomic E-state index is -3.12. The summed E-state index contributed by atoms with van der Waals surface area (Å²) >= 11 is 0. The van der Waals surface area contributed by atoms with E-state index >= 15 is 0 Å². The Labute approximate surface area is 224 Å². The Morgan fingerprint density at radius 1 is 1.10 bits per heavy atom. The Morgan fingerprint density at radius 3 is 2.49 bits per heavy atom. The van der Waals surface area contributed by atoms with E-state index in [9.17, 15) is 21.6 Å². The number of benzene rings is 1. The zero-order valence-corrected chi connectivity index (χ0v) is 22.8. The third-order valence-electron chi connectivity index (χ3n) is 7.35. The molecule has 5 rings (SSSR count). The van der Waals surface area contributed by atoms with Crippen LogP contribution >= 0.6 is 0 Å². The molecule has 0 saturated carbocycles. The van der Waals surface area contributed by atoms with Crippen molar-refractivity contribution >= 4 is 20.9 Å². The van der Waals surface area contributed by atoms with Gasteiger partial charge in [0.05, 0.1) is 29.1 Å². The van der Waals surface area contributed by atoms with Crippen LogP contribution in [0, 0.1) is 5.82 Å². The van der Waals surface area contributed by atoms with E-state index in [1.165, 1.54) is 12.1 Å². The number of aromatic nitrogens is 4. The van der Waals surface area contributed by atoms with Crippen molar-refractivity contribution in [1.29, 1.82) is 0 Å². The van der Waals surface area contributed by atoms with Crippen LogP contribution in [0.3, 0.4) is 0 Å².